The van der Waals surface area contributed by atoms with Gasteiger partial charge in [-0.15, -0.1) is 0 Å². The van der Waals surface area contributed by atoms with Crippen LogP contribution in [0.25, 0.3) is 21.5 Å². The fourth-order valence-corrected chi connectivity index (χ4v) is 5.75. The van der Waals surface area contributed by atoms with Crippen molar-refractivity contribution in [3.8, 4) is 11.5 Å². The third-order valence-corrected chi connectivity index (χ3v) is 7.16. The van der Waals surface area contributed by atoms with Crippen LogP contribution in [0.5, 0.6) is 11.5 Å². The molecule has 0 aliphatic carbocycles. The van der Waals surface area contributed by atoms with Crippen molar-refractivity contribution in [2.45, 2.75) is 12.3 Å². The summed E-state index contributed by atoms with van der Waals surface area (Å²) in [5.74, 6) is 0.758. The Kier molecular flexibility index (Phi) is 3.67. The van der Waals surface area contributed by atoms with Gasteiger partial charge in [0.25, 0.3) is 5.91 Å². The van der Waals surface area contributed by atoms with Crippen molar-refractivity contribution in [3.05, 3.63) is 114 Å². The van der Waals surface area contributed by atoms with Crippen LogP contribution in [0.3, 0.4) is 0 Å². The van der Waals surface area contributed by atoms with Crippen LogP contribution in [0.15, 0.2) is 97.1 Å². The Labute approximate surface area is 196 Å². The quantitative estimate of drug-likeness (QED) is 0.282. The summed E-state index contributed by atoms with van der Waals surface area (Å²) in [6.07, 6.45) is 0. The Hall–Kier alpha value is -4.44. The smallest absolute Gasteiger partial charge is 0.253 e. The number of imide groups is 1. The van der Waals surface area contributed by atoms with E-state index in [0.717, 1.165) is 38.2 Å². The van der Waals surface area contributed by atoms with Crippen LogP contribution in [-0.2, 0) is 15.0 Å². The highest BCUT2D eigenvalue weighted by atomic mass is 16.5. The third-order valence-electron chi connectivity index (χ3n) is 7.16. The fourth-order valence-electron chi connectivity index (χ4n) is 5.75. The van der Waals surface area contributed by atoms with E-state index in [2.05, 4.69) is 0 Å². The van der Waals surface area contributed by atoms with Crippen LogP contribution in [0.1, 0.15) is 23.6 Å². The van der Waals surface area contributed by atoms with E-state index in [1.165, 1.54) is 11.8 Å². The zero-order valence-corrected chi connectivity index (χ0v) is 18.4. The average Bonchev–Trinajstić information content (AvgIpc) is 3.13. The number of para-hydroxylation sites is 1. The number of carbonyl (C=O) groups excluding carboxylic acids is 2. The minimum atomic E-state index is -1.18. The summed E-state index contributed by atoms with van der Waals surface area (Å²) < 4.78 is 6.69. The predicted molar refractivity (Wildman–Crippen MR) is 132 cm³/mol. The van der Waals surface area contributed by atoms with Crippen LogP contribution in [0.4, 0.5) is 5.69 Å². The second kappa shape index (κ2) is 6.55. The van der Waals surface area contributed by atoms with Gasteiger partial charge in [0.15, 0.2) is 0 Å². The molecule has 1 spiro atoms. The summed E-state index contributed by atoms with van der Waals surface area (Å²) >= 11 is 0. The second-order valence-electron chi connectivity index (χ2n) is 8.86. The largest absolute Gasteiger partial charge is 0.455 e. The molecule has 0 unspecified atom stereocenters. The van der Waals surface area contributed by atoms with Gasteiger partial charge in [0.05, 0.1) is 5.69 Å². The van der Waals surface area contributed by atoms with Crippen LogP contribution >= 0.6 is 0 Å². The van der Waals surface area contributed by atoms with E-state index in [1.807, 2.05) is 97.1 Å². The number of fused-ring (bicyclic) bond motifs is 10. The lowest BCUT2D eigenvalue weighted by atomic mass is 9.67. The number of nitrogens with zero attached hydrogens (tertiary/aromatic N) is 1. The number of ether oxygens (including phenoxy) is 1. The summed E-state index contributed by atoms with van der Waals surface area (Å²) in [7, 11) is 0. The van der Waals surface area contributed by atoms with Crippen molar-refractivity contribution in [2.24, 2.45) is 0 Å². The molecule has 162 valence electrons. The minimum absolute atomic E-state index is 0.266. The molecule has 2 heterocycles. The number of hydrogen-bond donors (Lipinski definition) is 0. The van der Waals surface area contributed by atoms with Crippen LogP contribution in [0, 0.1) is 0 Å². The van der Waals surface area contributed by atoms with Gasteiger partial charge in [-0.1, -0.05) is 91.0 Å². The van der Waals surface area contributed by atoms with Crippen molar-refractivity contribution in [1.82, 2.24) is 0 Å². The molecule has 5 aromatic carbocycles. The first-order valence-corrected chi connectivity index (χ1v) is 11.3. The zero-order valence-electron chi connectivity index (χ0n) is 18.4. The highest BCUT2D eigenvalue weighted by molar-refractivity contribution is 6.26. The van der Waals surface area contributed by atoms with Crippen LogP contribution < -0.4 is 9.64 Å². The van der Waals surface area contributed by atoms with E-state index in [9.17, 15) is 9.59 Å². The maximum Gasteiger partial charge on any atom is 0.253 e. The molecule has 2 amide bonds. The number of carbonyl (C=O) groups is 2. The monoisotopic (exact) mass is 441 g/mol. The van der Waals surface area contributed by atoms with E-state index in [0.29, 0.717) is 17.2 Å². The summed E-state index contributed by atoms with van der Waals surface area (Å²) in [4.78, 5) is 28.5. The number of hydrogen-bond acceptors (Lipinski definition) is 3. The molecule has 5 aromatic rings. The van der Waals surface area contributed by atoms with Crippen molar-refractivity contribution >= 4 is 39.0 Å². The van der Waals surface area contributed by atoms with Gasteiger partial charge in [0.2, 0.25) is 5.91 Å². The molecule has 34 heavy (non-hydrogen) atoms. The number of rotatable bonds is 0. The van der Waals surface area contributed by atoms with Crippen LogP contribution in [-0.4, -0.2) is 11.8 Å². The number of amides is 2. The lowest BCUT2D eigenvalue weighted by Gasteiger charge is -2.37. The molecule has 0 saturated carbocycles. The molecule has 4 nitrogen and oxygen atoms in total. The molecule has 0 N–H and O–H groups in total. The molecule has 0 saturated heterocycles. The molecule has 0 radical (unpaired) electrons. The summed E-state index contributed by atoms with van der Waals surface area (Å²) in [6.45, 7) is 1.44. The highest BCUT2D eigenvalue weighted by Crippen LogP contribution is 2.60. The number of anilines is 1. The van der Waals surface area contributed by atoms with E-state index >= 15 is 0 Å². The molecule has 0 aromatic heterocycles. The van der Waals surface area contributed by atoms with Gasteiger partial charge < -0.3 is 4.74 Å². The first-order valence-electron chi connectivity index (χ1n) is 11.3. The van der Waals surface area contributed by atoms with E-state index in [4.69, 9.17) is 4.74 Å². The molecule has 0 atom stereocenters. The third kappa shape index (κ3) is 2.17. The summed E-state index contributed by atoms with van der Waals surface area (Å²) in [5.41, 5.74) is 1.76. The van der Waals surface area contributed by atoms with Gasteiger partial charge in [0.1, 0.15) is 16.9 Å². The maximum absolute atomic E-state index is 14.4. The predicted octanol–water partition coefficient (Wildman–Crippen LogP) is 6.33. The SMILES string of the molecule is CC(=O)N1C(=O)C2(c3ccccc31)c1ccc3ccccc3c1Oc1c2ccc2ccccc12. The van der Waals surface area contributed by atoms with E-state index in [1.54, 1.807) is 0 Å². The maximum atomic E-state index is 14.4. The molecule has 0 bridgehead atoms. The van der Waals surface area contributed by atoms with Crippen molar-refractivity contribution in [2.75, 3.05) is 4.90 Å². The van der Waals surface area contributed by atoms with Crippen LogP contribution in [0.2, 0.25) is 0 Å². The lowest BCUT2D eigenvalue weighted by molar-refractivity contribution is -0.126. The molecule has 2 aliphatic rings. The summed E-state index contributed by atoms with van der Waals surface area (Å²) in [6, 6.07) is 31.7. The van der Waals surface area contributed by atoms with Gasteiger partial charge in [0, 0.05) is 34.4 Å². The average molecular weight is 441 g/mol. The Morgan fingerprint density at radius 1 is 0.676 bits per heavy atom. The molecule has 7 rings (SSSR count). The summed E-state index contributed by atoms with van der Waals surface area (Å²) in [5, 5.41) is 3.93. The normalized spacial score (nSPS) is 15.2. The van der Waals surface area contributed by atoms with E-state index in [-0.39, 0.29) is 11.8 Å². The lowest BCUT2D eigenvalue weighted by Crippen LogP contribution is -2.45. The van der Waals surface area contributed by atoms with Gasteiger partial charge >= 0.3 is 0 Å². The Balaban J connectivity index is 1.70. The Morgan fingerprint density at radius 2 is 1.21 bits per heavy atom. The standard InChI is InChI=1S/C30H19NO3/c1-18(32)31-26-13-7-6-12-23(26)30(29(31)33)24-16-14-19-8-2-4-10-21(19)27(24)34-28-22-11-5-3-9-20(22)15-17-25(28)30/h2-17H,1H3. The molecule has 0 fully saturated rings. The van der Waals surface area contributed by atoms with Crippen molar-refractivity contribution in [3.63, 3.8) is 0 Å². The first-order chi connectivity index (χ1) is 16.6. The second-order valence-corrected chi connectivity index (χ2v) is 8.86. The van der Waals surface area contributed by atoms with E-state index < -0.39 is 5.41 Å². The first kappa shape index (κ1) is 19.1. The fraction of sp³-hybridized carbons (Fsp3) is 0.0667. The molecule has 2 aliphatic heterocycles. The van der Waals surface area contributed by atoms with Gasteiger partial charge in [-0.05, 0) is 16.8 Å². The Morgan fingerprint density at radius 3 is 1.79 bits per heavy atom. The van der Waals surface area contributed by atoms with Gasteiger partial charge in [-0.25, -0.2) is 4.90 Å². The molecule has 4 heteroatoms. The zero-order chi connectivity index (χ0) is 23.0. The van der Waals surface area contributed by atoms with Gasteiger partial charge in [-0.2, -0.15) is 0 Å². The minimum Gasteiger partial charge on any atom is -0.455 e. The molecular weight excluding hydrogens is 422 g/mol. The van der Waals surface area contributed by atoms with Gasteiger partial charge in [-0.3, -0.25) is 9.59 Å². The Bertz CT molecular complexity index is 1620. The number of benzene rings is 5. The van der Waals surface area contributed by atoms with Crippen molar-refractivity contribution in [1.29, 1.82) is 0 Å². The topological polar surface area (TPSA) is 46.6 Å². The highest BCUT2D eigenvalue weighted by Gasteiger charge is 2.58. The van der Waals surface area contributed by atoms with Crippen molar-refractivity contribution < 1.29 is 14.3 Å². The molecular formula is C30H19NO3.